The molecule has 38 valence electrons. The maximum atomic E-state index is 8.64. The molecule has 0 spiro atoms. The molecule has 0 aromatic heterocycles. The Balaban J connectivity index is 2.67. The predicted molar refractivity (Wildman–Crippen MR) is 27.9 cm³/mol. The Morgan fingerprint density at radius 2 is 2.57 bits per heavy atom. The summed E-state index contributed by atoms with van der Waals surface area (Å²) in [6, 6.07) is 0. The van der Waals surface area contributed by atoms with Gasteiger partial charge in [0.1, 0.15) is 5.76 Å². The second kappa shape index (κ2) is 1.30. The van der Waals surface area contributed by atoms with Crippen LogP contribution >= 0.6 is 0 Å². The highest BCUT2D eigenvalue weighted by Crippen LogP contribution is 2.00. The van der Waals surface area contributed by atoms with Crippen LogP contribution in [0.15, 0.2) is 24.1 Å². The van der Waals surface area contributed by atoms with E-state index in [1.165, 1.54) is 0 Å². The summed E-state index contributed by atoms with van der Waals surface area (Å²) < 4.78 is 0. The van der Waals surface area contributed by atoms with Crippen molar-refractivity contribution in [3.05, 3.63) is 24.1 Å². The van der Waals surface area contributed by atoms with Crippen LogP contribution in [0, 0.1) is 0 Å². The maximum absolute atomic E-state index is 8.64. The van der Waals surface area contributed by atoms with Crippen molar-refractivity contribution < 1.29 is 5.11 Å². The Bertz CT molecular complexity index is 126. The van der Waals surface area contributed by atoms with E-state index in [1.54, 1.807) is 6.08 Å². The largest absolute Gasteiger partial charge is 0.510 e. The van der Waals surface area contributed by atoms with E-state index in [2.05, 4.69) is 11.9 Å². The molecule has 0 bridgehead atoms. The molecule has 0 radical (unpaired) electrons. The van der Waals surface area contributed by atoms with Gasteiger partial charge in [-0.2, -0.15) is 0 Å². The van der Waals surface area contributed by atoms with E-state index in [0.29, 0.717) is 12.3 Å². The summed E-state index contributed by atoms with van der Waals surface area (Å²) in [6.07, 6.45) is 1.61. The van der Waals surface area contributed by atoms with Gasteiger partial charge in [-0.3, -0.25) is 0 Å². The van der Waals surface area contributed by atoms with Crippen molar-refractivity contribution in [2.45, 2.75) is 0 Å². The molecular formula is C5H7NO. The lowest BCUT2D eigenvalue weighted by atomic mass is 10.5. The minimum Gasteiger partial charge on any atom is -0.510 e. The third-order valence-corrected chi connectivity index (χ3v) is 0.837. The molecule has 0 aromatic rings. The zero-order valence-corrected chi connectivity index (χ0v) is 3.94. The Hall–Kier alpha value is -0.920. The molecule has 0 fully saturated rings. The fourth-order valence-electron chi connectivity index (χ4n) is 0.507. The van der Waals surface area contributed by atoms with Crippen LogP contribution in [0.2, 0.25) is 0 Å². The fraction of sp³-hybridized carbons (Fsp3) is 0.200. The molecule has 2 nitrogen and oxygen atoms in total. The summed E-state index contributed by atoms with van der Waals surface area (Å²) in [7, 11) is 0. The molecule has 1 aliphatic heterocycles. The van der Waals surface area contributed by atoms with Gasteiger partial charge in [0.25, 0.3) is 0 Å². The Morgan fingerprint density at radius 3 is 2.71 bits per heavy atom. The summed E-state index contributed by atoms with van der Waals surface area (Å²) >= 11 is 0. The molecule has 0 unspecified atom stereocenters. The first-order valence-corrected chi connectivity index (χ1v) is 2.11. The average molecular weight is 97.1 g/mol. The molecule has 0 aliphatic carbocycles. The van der Waals surface area contributed by atoms with Gasteiger partial charge in [0.05, 0.1) is 6.54 Å². The predicted octanol–water partition coefficient (Wildman–Crippen LogP) is 0.545. The lowest BCUT2D eigenvalue weighted by Gasteiger charge is -1.88. The normalized spacial score (nSPS) is 18.9. The molecule has 0 aromatic carbocycles. The maximum Gasteiger partial charge on any atom is 0.113 e. The van der Waals surface area contributed by atoms with Crippen molar-refractivity contribution in [1.82, 2.24) is 5.32 Å². The molecule has 0 saturated heterocycles. The Kier molecular flexibility index (Phi) is 0.785. The van der Waals surface area contributed by atoms with Crippen LogP contribution in [0.3, 0.4) is 0 Å². The smallest absolute Gasteiger partial charge is 0.113 e. The molecule has 2 N–H and O–H groups in total. The first-order valence-electron chi connectivity index (χ1n) is 2.11. The first-order chi connectivity index (χ1) is 3.29. The molecule has 2 heteroatoms. The van der Waals surface area contributed by atoms with E-state index in [9.17, 15) is 0 Å². The highest BCUT2D eigenvalue weighted by molar-refractivity contribution is 5.22. The SMILES string of the molecule is C=C1C=C(O)CN1. The minimum atomic E-state index is 0.366. The number of rotatable bonds is 0. The van der Waals surface area contributed by atoms with Crippen LogP contribution in [0.4, 0.5) is 0 Å². The number of hydrogen-bond acceptors (Lipinski definition) is 2. The molecule has 1 rings (SSSR count). The lowest BCUT2D eigenvalue weighted by Crippen LogP contribution is -2.05. The third-order valence-electron chi connectivity index (χ3n) is 0.837. The van der Waals surface area contributed by atoms with Gasteiger partial charge in [0.15, 0.2) is 0 Å². The van der Waals surface area contributed by atoms with E-state index in [-0.39, 0.29) is 0 Å². The minimum absolute atomic E-state index is 0.366. The van der Waals surface area contributed by atoms with Gasteiger partial charge >= 0.3 is 0 Å². The van der Waals surface area contributed by atoms with Crippen molar-refractivity contribution in [3.8, 4) is 0 Å². The molecule has 1 aliphatic rings. The zero-order chi connectivity index (χ0) is 5.28. The van der Waals surface area contributed by atoms with E-state index in [4.69, 9.17) is 5.11 Å². The number of aliphatic hydroxyl groups is 1. The second-order valence-electron chi connectivity index (χ2n) is 1.51. The first kappa shape index (κ1) is 4.24. The summed E-state index contributed by atoms with van der Waals surface area (Å²) in [6.45, 7) is 4.10. The highest BCUT2D eigenvalue weighted by atomic mass is 16.3. The van der Waals surface area contributed by atoms with E-state index in [1.807, 2.05) is 0 Å². The van der Waals surface area contributed by atoms with Gasteiger partial charge in [-0.05, 0) is 6.08 Å². The van der Waals surface area contributed by atoms with E-state index in [0.717, 1.165) is 5.70 Å². The van der Waals surface area contributed by atoms with E-state index >= 15 is 0 Å². The molecule has 7 heavy (non-hydrogen) atoms. The van der Waals surface area contributed by atoms with Crippen molar-refractivity contribution >= 4 is 0 Å². The topological polar surface area (TPSA) is 32.3 Å². The summed E-state index contributed by atoms with van der Waals surface area (Å²) in [4.78, 5) is 0. The number of hydrogen-bond donors (Lipinski definition) is 2. The fourth-order valence-corrected chi connectivity index (χ4v) is 0.507. The quantitative estimate of drug-likeness (QED) is 0.462. The lowest BCUT2D eigenvalue weighted by molar-refractivity contribution is 0.405. The van der Waals surface area contributed by atoms with Gasteiger partial charge in [-0.25, -0.2) is 0 Å². The van der Waals surface area contributed by atoms with Gasteiger partial charge in [-0.15, -0.1) is 0 Å². The summed E-state index contributed by atoms with van der Waals surface area (Å²) in [5, 5.41) is 11.5. The Labute approximate surface area is 42.2 Å². The van der Waals surface area contributed by atoms with Gasteiger partial charge in [-0.1, -0.05) is 6.58 Å². The number of allylic oxidation sites excluding steroid dienone is 1. The van der Waals surface area contributed by atoms with Gasteiger partial charge < -0.3 is 10.4 Å². The third kappa shape index (κ3) is 0.738. The average Bonchev–Trinajstić information content (AvgIpc) is 1.87. The number of nitrogens with one attached hydrogen (secondary N) is 1. The summed E-state index contributed by atoms with van der Waals surface area (Å²) in [5.74, 6) is 0.366. The van der Waals surface area contributed by atoms with Crippen molar-refractivity contribution in [3.63, 3.8) is 0 Å². The van der Waals surface area contributed by atoms with Crippen LogP contribution < -0.4 is 5.32 Å². The molecule has 0 amide bonds. The van der Waals surface area contributed by atoms with Gasteiger partial charge in [0.2, 0.25) is 0 Å². The van der Waals surface area contributed by atoms with Crippen molar-refractivity contribution in [2.75, 3.05) is 6.54 Å². The van der Waals surface area contributed by atoms with Gasteiger partial charge in [0, 0.05) is 5.70 Å². The molecule has 0 atom stereocenters. The van der Waals surface area contributed by atoms with Crippen LogP contribution in [-0.2, 0) is 0 Å². The van der Waals surface area contributed by atoms with Crippen LogP contribution in [0.25, 0.3) is 0 Å². The monoisotopic (exact) mass is 97.1 g/mol. The molecule has 0 saturated carbocycles. The van der Waals surface area contributed by atoms with Crippen molar-refractivity contribution in [1.29, 1.82) is 0 Å². The molecular weight excluding hydrogens is 90.1 g/mol. The second-order valence-corrected chi connectivity index (χ2v) is 1.51. The van der Waals surface area contributed by atoms with Crippen LogP contribution in [-0.4, -0.2) is 11.7 Å². The van der Waals surface area contributed by atoms with Crippen LogP contribution in [0.1, 0.15) is 0 Å². The zero-order valence-electron chi connectivity index (χ0n) is 3.94. The van der Waals surface area contributed by atoms with E-state index < -0.39 is 0 Å². The highest BCUT2D eigenvalue weighted by Gasteiger charge is 2.00. The number of aliphatic hydroxyl groups excluding tert-OH is 1. The Morgan fingerprint density at radius 1 is 1.86 bits per heavy atom. The van der Waals surface area contributed by atoms with Crippen LogP contribution in [0.5, 0.6) is 0 Å². The summed E-state index contributed by atoms with van der Waals surface area (Å²) in [5.41, 5.74) is 0.789. The standard InChI is InChI=1S/C5H7NO/c1-4-2-5(7)3-6-4/h2,6-7H,1,3H2. The van der Waals surface area contributed by atoms with Crippen molar-refractivity contribution in [2.24, 2.45) is 0 Å². The molecule has 1 heterocycles.